The lowest BCUT2D eigenvalue weighted by Crippen LogP contribution is -2.48. The summed E-state index contributed by atoms with van der Waals surface area (Å²) in [7, 11) is 0. The predicted octanol–water partition coefficient (Wildman–Crippen LogP) is 3.17. The molecule has 1 aromatic carbocycles. The van der Waals surface area contributed by atoms with Crippen molar-refractivity contribution in [2.75, 3.05) is 6.54 Å². The van der Waals surface area contributed by atoms with Crippen LogP contribution in [0.3, 0.4) is 0 Å². The van der Waals surface area contributed by atoms with Crippen molar-refractivity contribution in [2.24, 2.45) is 0 Å². The SMILES string of the molecule is CC(NC(=O)c1ccco1)C(=O)NCC1(c2ccc(F)cc2)CCCC1. The molecule has 1 atom stereocenters. The molecule has 0 aliphatic heterocycles. The monoisotopic (exact) mass is 358 g/mol. The van der Waals surface area contributed by atoms with Gasteiger partial charge in [-0.3, -0.25) is 9.59 Å². The molecule has 6 heteroatoms. The number of hydrogen-bond donors (Lipinski definition) is 2. The van der Waals surface area contributed by atoms with Crippen molar-refractivity contribution in [1.29, 1.82) is 0 Å². The molecule has 1 aromatic heterocycles. The number of hydrogen-bond acceptors (Lipinski definition) is 3. The molecule has 1 aliphatic carbocycles. The number of carbonyl (C=O) groups is 2. The van der Waals surface area contributed by atoms with Crippen molar-refractivity contribution in [1.82, 2.24) is 10.6 Å². The van der Waals surface area contributed by atoms with Crippen LogP contribution >= 0.6 is 0 Å². The second-order valence-corrected chi connectivity index (χ2v) is 6.88. The first-order valence-electron chi connectivity index (χ1n) is 8.88. The van der Waals surface area contributed by atoms with E-state index < -0.39 is 11.9 Å². The maximum atomic E-state index is 13.2. The second kappa shape index (κ2) is 7.72. The highest BCUT2D eigenvalue weighted by Crippen LogP contribution is 2.40. The summed E-state index contributed by atoms with van der Waals surface area (Å²) < 4.78 is 18.3. The molecule has 1 fully saturated rings. The fourth-order valence-electron chi connectivity index (χ4n) is 3.57. The molecule has 1 aliphatic rings. The molecule has 2 aromatic rings. The average molecular weight is 358 g/mol. The zero-order chi connectivity index (χ0) is 18.6. The number of furan rings is 1. The molecule has 138 valence electrons. The summed E-state index contributed by atoms with van der Waals surface area (Å²) in [5.74, 6) is -0.770. The summed E-state index contributed by atoms with van der Waals surface area (Å²) in [5.41, 5.74) is 0.873. The zero-order valence-corrected chi connectivity index (χ0v) is 14.8. The van der Waals surface area contributed by atoms with E-state index in [1.807, 2.05) is 0 Å². The number of carbonyl (C=O) groups excluding carboxylic acids is 2. The highest BCUT2D eigenvalue weighted by atomic mass is 19.1. The molecule has 0 saturated heterocycles. The molecule has 0 radical (unpaired) electrons. The Balaban J connectivity index is 1.61. The van der Waals surface area contributed by atoms with Crippen LogP contribution in [0.5, 0.6) is 0 Å². The third-order valence-electron chi connectivity index (χ3n) is 5.10. The fraction of sp³-hybridized carbons (Fsp3) is 0.400. The fourth-order valence-corrected chi connectivity index (χ4v) is 3.57. The van der Waals surface area contributed by atoms with E-state index in [1.54, 1.807) is 31.2 Å². The van der Waals surface area contributed by atoms with Gasteiger partial charge in [0.25, 0.3) is 5.91 Å². The van der Waals surface area contributed by atoms with E-state index in [9.17, 15) is 14.0 Å². The average Bonchev–Trinajstić information content (AvgIpc) is 3.32. The molecule has 26 heavy (non-hydrogen) atoms. The quantitative estimate of drug-likeness (QED) is 0.833. The van der Waals surface area contributed by atoms with E-state index in [-0.39, 0.29) is 22.9 Å². The van der Waals surface area contributed by atoms with Gasteiger partial charge in [-0.15, -0.1) is 0 Å². The minimum absolute atomic E-state index is 0.170. The van der Waals surface area contributed by atoms with Gasteiger partial charge in [0.15, 0.2) is 5.76 Å². The van der Waals surface area contributed by atoms with Gasteiger partial charge in [0.05, 0.1) is 6.26 Å². The standard InChI is InChI=1S/C20H23FN2O3/c1-14(23-19(25)17-5-4-12-26-17)18(24)22-13-20(10-2-3-11-20)15-6-8-16(21)9-7-15/h4-9,12,14H,2-3,10-11,13H2,1H3,(H,22,24)(H,23,25). The molecule has 1 unspecified atom stereocenters. The smallest absolute Gasteiger partial charge is 0.287 e. The maximum Gasteiger partial charge on any atom is 0.287 e. The first-order chi connectivity index (χ1) is 12.5. The second-order valence-electron chi connectivity index (χ2n) is 6.88. The van der Waals surface area contributed by atoms with Crippen molar-refractivity contribution < 1.29 is 18.4 Å². The van der Waals surface area contributed by atoms with E-state index in [0.29, 0.717) is 6.54 Å². The minimum Gasteiger partial charge on any atom is -0.459 e. The van der Waals surface area contributed by atoms with Gasteiger partial charge >= 0.3 is 0 Å². The van der Waals surface area contributed by atoms with Crippen molar-refractivity contribution >= 4 is 11.8 Å². The number of amides is 2. The summed E-state index contributed by atoms with van der Waals surface area (Å²) in [6, 6.07) is 9.00. The third kappa shape index (κ3) is 3.95. The van der Waals surface area contributed by atoms with Crippen molar-refractivity contribution in [3.8, 4) is 0 Å². The first kappa shape index (κ1) is 18.2. The summed E-state index contributed by atoms with van der Waals surface area (Å²) in [6.07, 6.45) is 5.47. The van der Waals surface area contributed by atoms with Crippen LogP contribution in [0.25, 0.3) is 0 Å². The Hall–Kier alpha value is -2.63. The molecule has 2 N–H and O–H groups in total. The Morgan fingerprint density at radius 1 is 1.19 bits per heavy atom. The van der Waals surface area contributed by atoms with E-state index in [0.717, 1.165) is 31.2 Å². The lowest BCUT2D eigenvalue weighted by Gasteiger charge is -2.30. The predicted molar refractivity (Wildman–Crippen MR) is 95.2 cm³/mol. The van der Waals surface area contributed by atoms with Crippen LogP contribution in [-0.4, -0.2) is 24.4 Å². The minimum atomic E-state index is -0.681. The van der Waals surface area contributed by atoms with Gasteiger partial charge in [0.2, 0.25) is 5.91 Å². The van der Waals surface area contributed by atoms with Crippen molar-refractivity contribution in [3.63, 3.8) is 0 Å². The van der Waals surface area contributed by atoms with Crippen molar-refractivity contribution in [3.05, 3.63) is 59.8 Å². The number of nitrogens with one attached hydrogen (secondary N) is 2. The van der Waals surface area contributed by atoms with Crippen LogP contribution in [0.4, 0.5) is 4.39 Å². The maximum absolute atomic E-state index is 13.2. The first-order valence-corrected chi connectivity index (χ1v) is 8.88. The van der Waals surface area contributed by atoms with Gasteiger partial charge in [-0.05, 0) is 49.6 Å². The summed E-state index contributed by atoms with van der Waals surface area (Å²) in [4.78, 5) is 24.4. The molecule has 5 nitrogen and oxygen atoms in total. The Morgan fingerprint density at radius 3 is 2.50 bits per heavy atom. The summed E-state index contributed by atoms with van der Waals surface area (Å²) in [6.45, 7) is 2.10. The molecule has 0 spiro atoms. The third-order valence-corrected chi connectivity index (χ3v) is 5.10. The number of halogens is 1. The lowest BCUT2D eigenvalue weighted by molar-refractivity contribution is -0.122. The van der Waals surface area contributed by atoms with Crippen LogP contribution in [0.1, 0.15) is 48.7 Å². The van der Waals surface area contributed by atoms with Crippen LogP contribution in [0.2, 0.25) is 0 Å². The Bertz CT molecular complexity index is 750. The zero-order valence-electron chi connectivity index (χ0n) is 14.8. The summed E-state index contributed by atoms with van der Waals surface area (Å²) in [5, 5.41) is 5.57. The van der Waals surface area contributed by atoms with E-state index >= 15 is 0 Å². The molecule has 0 bridgehead atoms. The Labute approximate surface area is 152 Å². The largest absolute Gasteiger partial charge is 0.459 e. The van der Waals surface area contributed by atoms with Gasteiger partial charge in [-0.2, -0.15) is 0 Å². The lowest BCUT2D eigenvalue weighted by atomic mass is 9.78. The van der Waals surface area contributed by atoms with Gasteiger partial charge in [0, 0.05) is 12.0 Å². The number of benzene rings is 1. The van der Waals surface area contributed by atoms with Crippen LogP contribution in [0.15, 0.2) is 47.1 Å². The van der Waals surface area contributed by atoms with Gasteiger partial charge in [-0.25, -0.2) is 4.39 Å². The van der Waals surface area contributed by atoms with E-state index in [2.05, 4.69) is 10.6 Å². The molecule has 1 saturated carbocycles. The molecule has 1 heterocycles. The Kier molecular flexibility index (Phi) is 5.40. The highest BCUT2D eigenvalue weighted by molar-refractivity contribution is 5.95. The van der Waals surface area contributed by atoms with Gasteiger partial charge in [-0.1, -0.05) is 25.0 Å². The molecular weight excluding hydrogens is 335 g/mol. The van der Waals surface area contributed by atoms with E-state index in [4.69, 9.17) is 4.42 Å². The van der Waals surface area contributed by atoms with Crippen LogP contribution < -0.4 is 10.6 Å². The van der Waals surface area contributed by atoms with Crippen LogP contribution in [0, 0.1) is 5.82 Å². The van der Waals surface area contributed by atoms with Crippen LogP contribution in [-0.2, 0) is 10.2 Å². The Morgan fingerprint density at radius 2 is 1.88 bits per heavy atom. The van der Waals surface area contributed by atoms with Gasteiger partial charge < -0.3 is 15.1 Å². The molecular formula is C20H23FN2O3. The highest BCUT2D eigenvalue weighted by Gasteiger charge is 2.36. The molecule has 3 rings (SSSR count). The van der Waals surface area contributed by atoms with E-state index in [1.165, 1.54) is 18.4 Å². The topological polar surface area (TPSA) is 71.3 Å². The normalized spacial score (nSPS) is 16.8. The van der Waals surface area contributed by atoms with Crippen molar-refractivity contribution in [2.45, 2.75) is 44.1 Å². The van der Waals surface area contributed by atoms with Gasteiger partial charge in [0.1, 0.15) is 11.9 Å². The molecule has 2 amide bonds. The summed E-state index contributed by atoms with van der Waals surface area (Å²) >= 11 is 0. The number of rotatable bonds is 6.